The number of imidazole rings is 1. The summed E-state index contributed by atoms with van der Waals surface area (Å²) in [6, 6.07) is 6.25. The van der Waals surface area contributed by atoms with Gasteiger partial charge in [-0.1, -0.05) is 0 Å². The highest BCUT2D eigenvalue weighted by Gasteiger charge is 2.06. The molecule has 0 fully saturated rings. The molecule has 6 nitrogen and oxygen atoms in total. The number of hydrogen-bond donors (Lipinski definition) is 3. The Bertz CT molecular complexity index is 576. The Labute approximate surface area is 116 Å². The summed E-state index contributed by atoms with van der Waals surface area (Å²) in [5.41, 5.74) is 6.03. The number of aromatic amines is 1. The maximum absolute atomic E-state index is 11.8. The van der Waals surface area contributed by atoms with E-state index in [0.29, 0.717) is 17.7 Å². The lowest BCUT2D eigenvalue weighted by Crippen LogP contribution is -2.25. The molecule has 2 aromatic rings. The second-order valence-corrected chi connectivity index (χ2v) is 4.34. The molecule has 4 N–H and O–H groups in total. The second-order valence-electron chi connectivity index (χ2n) is 4.34. The first kappa shape index (κ1) is 13.8. The molecule has 0 aliphatic heterocycles. The fourth-order valence-electron chi connectivity index (χ4n) is 1.78. The molecule has 0 atom stereocenters. The van der Waals surface area contributed by atoms with E-state index in [-0.39, 0.29) is 5.91 Å². The minimum absolute atomic E-state index is 0.166. The summed E-state index contributed by atoms with van der Waals surface area (Å²) in [5.74, 6) is 0.237. The Kier molecular flexibility index (Phi) is 4.49. The normalized spacial score (nSPS) is 10.2. The summed E-state index contributed by atoms with van der Waals surface area (Å²) < 4.78 is 0. The van der Waals surface area contributed by atoms with E-state index in [1.165, 1.54) is 0 Å². The molecule has 0 unspecified atom stereocenters. The van der Waals surface area contributed by atoms with E-state index < -0.39 is 5.91 Å². The molecule has 20 heavy (non-hydrogen) atoms. The fourth-order valence-corrected chi connectivity index (χ4v) is 1.78. The van der Waals surface area contributed by atoms with Crippen molar-refractivity contribution in [3.05, 3.63) is 53.6 Å². The van der Waals surface area contributed by atoms with Crippen molar-refractivity contribution in [2.45, 2.75) is 12.8 Å². The third-order valence-corrected chi connectivity index (χ3v) is 2.86. The number of H-pyrrole nitrogens is 1. The highest BCUT2D eigenvalue weighted by atomic mass is 16.2. The molecular formula is C14H16N4O2. The molecule has 1 aromatic carbocycles. The fraction of sp³-hybridized carbons (Fsp3) is 0.214. The van der Waals surface area contributed by atoms with Gasteiger partial charge in [-0.25, -0.2) is 4.98 Å². The largest absolute Gasteiger partial charge is 0.366 e. The Hall–Kier alpha value is -2.63. The number of rotatable bonds is 6. The number of aromatic nitrogens is 2. The van der Waals surface area contributed by atoms with Gasteiger partial charge in [-0.15, -0.1) is 0 Å². The lowest BCUT2D eigenvalue weighted by molar-refractivity contribution is 0.0950. The van der Waals surface area contributed by atoms with Crippen LogP contribution in [-0.4, -0.2) is 28.3 Å². The van der Waals surface area contributed by atoms with E-state index in [4.69, 9.17) is 5.73 Å². The molecule has 2 rings (SSSR count). The predicted molar refractivity (Wildman–Crippen MR) is 74.2 cm³/mol. The number of primary amides is 1. The van der Waals surface area contributed by atoms with Gasteiger partial charge in [0.1, 0.15) is 5.82 Å². The third kappa shape index (κ3) is 3.68. The lowest BCUT2D eigenvalue weighted by Gasteiger charge is -2.05. The Morgan fingerprint density at radius 2 is 1.90 bits per heavy atom. The highest BCUT2D eigenvalue weighted by molar-refractivity contribution is 5.97. The zero-order chi connectivity index (χ0) is 14.4. The summed E-state index contributed by atoms with van der Waals surface area (Å²) >= 11 is 0. The molecule has 1 aromatic heterocycles. The summed E-state index contributed by atoms with van der Waals surface area (Å²) in [6.07, 6.45) is 5.06. The van der Waals surface area contributed by atoms with Crippen LogP contribution in [0.15, 0.2) is 36.7 Å². The number of carbonyl (C=O) groups is 2. The zero-order valence-electron chi connectivity index (χ0n) is 10.9. The maximum Gasteiger partial charge on any atom is 0.251 e. The van der Waals surface area contributed by atoms with E-state index in [9.17, 15) is 9.59 Å². The van der Waals surface area contributed by atoms with E-state index in [1.54, 1.807) is 36.7 Å². The minimum atomic E-state index is -0.504. The van der Waals surface area contributed by atoms with E-state index in [0.717, 1.165) is 18.7 Å². The van der Waals surface area contributed by atoms with Gasteiger partial charge in [-0.3, -0.25) is 9.59 Å². The van der Waals surface area contributed by atoms with Gasteiger partial charge < -0.3 is 16.0 Å². The van der Waals surface area contributed by atoms with Gasteiger partial charge >= 0.3 is 0 Å². The topological polar surface area (TPSA) is 101 Å². The van der Waals surface area contributed by atoms with Crippen molar-refractivity contribution in [1.29, 1.82) is 0 Å². The lowest BCUT2D eigenvalue weighted by atomic mass is 10.1. The van der Waals surface area contributed by atoms with E-state index in [1.807, 2.05) is 0 Å². The first-order valence-corrected chi connectivity index (χ1v) is 6.33. The average Bonchev–Trinajstić information content (AvgIpc) is 2.96. The highest BCUT2D eigenvalue weighted by Crippen LogP contribution is 2.04. The average molecular weight is 272 g/mol. The number of aryl methyl sites for hydroxylation is 1. The molecule has 0 saturated carbocycles. The molecule has 6 heteroatoms. The summed E-state index contributed by atoms with van der Waals surface area (Å²) in [6.45, 7) is 0.567. The van der Waals surface area contributed by atoms with Crippen LogP contribution in [0.4, 0.5) is 0 Å². The van der Waals surface area contributed by atoms with E-state index in [2.05, 4.69) is 15.3 Å². The smallest absolute Gasteiger partial charge is 0.251 e. The molecule has 0 saturated heterocycles. The number of amides is 2. The Morgan fingerprint density at radius 3 is 2.50 bits per heavy atom. The standard InChI is InChI=1S/C14H16N4O2/c15-13(19)10-3-5-11(6-4-10)14(20)18-7-1-2-12-16-8-9-17-12/h3-6,8-9H,1-2,7H2,(H2,15,19)(H,16,17)(H,18,20). The van der Waals surface area contributed by atoms with Gasteiger partial charge in [0.2, 0.25) is 5.91 Å². The van der Waals surface area contributed by atoms with Crippen LogP contribution < -0.4 is 11.1 Å². The van der Waals surface area contributed by atoms with Gasteiger partial charge in [-0.2, -0.15) is 0 Å². The number of nitrogens with one attached hydrogen (secondary N) is 2. The van der Waals surface area contributed by atoms with Crippen LogP contribution in [0.3, 0.4) is 0 Å². The molecular weight excluding hydrogens is 256 g/mol. The van der Waals surface area contributed by atoms with Gasteiger partial charge in [0.15, 0.2) is 0 Å². The monoisotopic (exact) mass is 272 g/mol. The van der Waals surface area contributed by atoms with Crippen molar-refractivity contribution >= 4 is 11.8 Å². The van der Waals surface area contributed by atoms with Crippen molar-refractivity contribution in [1.82, 2.24) is 15.3 Å². The van der Waals surface area contributed by atoms with Crippen LogP contribution in [-0.2, 0) is 6.42 Å². The van der Waals surface area contributed by atoms with Crippen LogP contribution in [0.5, 0.6) is 0 Å². The predicted octanol–water partition coefficient (Wildman–Crippen LogP) is 0.871. The minimum Gasteiger partial charge on any atom is -0.366 e. The van der Waals surface area contributed by atoms with Crippen molar-refractivity contribution in [2.75, 3.05) is 6.54 Å². The Balaban J connectivity index is 1.78. The quantitative estimate of drug-likeness (QED) is 0.680. The first-order chi connectivity index (χ1) is 9.66. The summed E-state index contributed by atoms with van der Waals surface area (Å²) in [7, 11) is 0. The number of nitrogens with two attached hydrogens (primary N) is 1. The molecule has 2 amide bonds. The van der Waals surface area contributed by atoms with Crippen LogP contribution in [0.2, 0.25) is 0 Å². The number of carbonyl (C=O) groups excluding carboxylic acids is 2. The van der Waals surface area contributed by atoms with Gasteiger partial charge in [0.05, 0.1) is 0 Å². The molecule has 0 bridgehead atoms. The first-order valence-electron chi connectivity index (χ1n) is 6.33. The van der Waals surface area contributed by atoms with Crippen molar-refractivity contribution in [2.24, 2.45) is 5.73 Å². The molecule has 0 spiro atoms. The summed E-state index contributed by atoms with van der Waals surface area (Å²) in [5, 5.41) is 2.81. The van der Waals surface area contributed by atoms with Gasteiger partial charge in [0.25, 0.3) is 5.91 Å². The van der Waals surface area contributed by atoms with Crippen LogP contribution >= 0.6 is 0 Å². The SMILES string of the molecule is NC(=O)c1ccc(C(=O)NCCCc2ncc[nH]2)cc1. The van der Waals surface area contributed by atoms with Gasteiger partial charge in [-0.05, 0) is 30.7 Å². The molecule has 0 radical (unpaired) electrons. The molecule has 0 aliphatic carbocycles. The van der Waals surface area contributed by atoms with Crippen LogP contribution in [0.1, 0.15) is 33.0 Å². The van der Waals surface area contributed by atoms with Gasteiger partial charge in [0, 0.05) is 36.5 Å². The Morgan fingerprint density at radius 1 is 1.20 bits per heavy atom. The zero-order valence-corrected chi connectivity index (χ0v) is 10.9. The van der Waals surface area contributed by atoms with E-state index >= 15 is 0 Å². The maximum atomic E-state index is 11.8. The summed E-state index contributed by atoms with van der Waals surface area (Å²) in [4.78, 5) is 29.9. The number of benzene rings is 1. The second kappa shape index (κ2) is 6.51. The molecule has 104 valence electrons. The van der Waals surface area contributed by atoms with Crippen LogP contribution in [0.25, 0.3) is 0 Å². The molecule has 0 aliphatic rings. The third-order valence-electron chi connectivity index (χ3n) is 2.86. The van der Waals surface area contributed by atoms with Crippen LogP contribution in [0, 0.1) is 0 Å². The van der Waals surface area contributed by atoms with Crippen molar-refractivity contribution in [3.8, 4) is 0 Å². The molecule has 1 heterocycles. The van der Waals surface area contributed by atoms with Crippen molar-refractivity contribution < 1.29 is 9.59 Å². The number of nitrogens with zero attached hydrogens (tertiary/aromatic N) is 1. The van der Waals surface area contributed by atoms with Crippen molar-refractivity contribution in [3.63, 3.8) is 0 Å². The number of hydrogen-bond acceptors (Lipinski definition) is 3.